The van der Waals surface area contributed by atoms with Crippen molar-refractivity contribution in [3.63, 3.8) is 0 Å². The predicted octanol–water partition coefficient (Wildman–Crippen LogP) is 3.72. The highest BCUT2D eigenvalue weighted by Crippen LogP contribution is 2.35. The average molecular weight is 386 g/mol. The summed E-state index contributed by atoms with van der Waals surface area (Å²) in [7, 11) is -3.73. The zero-order valence-electron chi connectivity index (χ0n) is 11.3. The van der Waals surface area contributed by atoms with Crippen LogP contribution in [0.5, 0.6) is 0 Å². The average Bonchev–Trinajstić information content (AvgIpc) is 2.41. The molecule has 1 aliphatic rings. The lowest BCUT2D eigenvalue weighted by Gasteiger charge is -2.32. The Hall–Kier alpha value is -0.600. The van der Waals surface area contributed by atoms with E-state index in [-0.39, 0.29) is 30.8 Å². The first-order chi connectivity index (χ1) is 9.62. The molecule has 8 heteroatoms. The number of aryl methyl sites for hydroxylation is 1. The molecular formula is C13H15BrF3NO2S. The molecular weight excluding hydrogens is 371 g/mol. The molecule has 0 radical (unpaired) electrons. The molecule has 0 spiro atoms. The van der Waals surface area contributed by atoms with Crippen LogP contribution in [0.25, 0.3) is 0 Å². The van der Waals surface area contributed by atoms with Crippen molar-refractivity contribution in [3.05, 3.63) is 28.2 Å². The third-order valence-electron chi connectivity index (χ3n) is 3.68. The molecule has 0 aromatic heterocycles. The van der Waals surface area contributed by atoms with Crippen molar-refractivity contribution in [2.75, 3.05) is 13.1 Å². The van der Waals surface area contributed by atoms with Crippen molar-refractivity contribution in [1.29, 1.82) is 0 Å². The zero-order valence-corrected chi connectivity index (χ0v) is 13.7. The van der Waals surface area contributed by atoms with Gasteiger partial charge in [0.05, 0.1) is 10.8 Å². The fourth-order valence-corrected chi connectivity index (χ4v) is 4.15. The van der Waals surface area contributed by atoms with E-state index in [1.165, 1.54) is 12.1 Å². The summed E-state index contributed by atoms with van der Waals surface area (Å²) in [4.78, 5) is 0.119. The molecule has 1 aliphatic heterocycles. The maximum atomic E-state index is 12.6. The molecule has 1 heterocycles. The van der Waals surface area contributed by atoms with Crippen molar-refractivity contribution in [2.24, 2.45) is 5.92 Å². The molecule has 0 N–H and O–H groups in total. The number of hydrogen-bond acceptors (Lipinski definition) is 2. The van der Waals surface area contributed by atoms with Gasteiger partial charge in [-0.3, -0.25) is 0 Å². The minimum absolute atomic E-state index is 0.0956. The van der Waals surface area contributed by atoms with Crippen LogP contribution in [0.4, 0.5) is 13.2 Å². The summed E-state index contributed by atoms with van der Waals surface area (Å²) in [5, 5.41) is 0. The molecule has 3 nitrogen and oxygen atoms in total. The first-order valence-electron chi connectivity index (χ1n) is 6.45. The predicted molar refractivity (Wildman–Crippen MR) is 76.4 cm³/mol. The Morgan fingerprint density at radius 3 is 2.29 bits per heavy atom. The van der Waals surface area contributed by atoms with Gasteiger partial charge in [-0.2, -0.15) is 17.5 Å². The van der Waals surface area contributed by atoms with Crippen LogP contribution in [0.15, 0.2) is 27.6 Å². The van der Waals surface area contributed by atoms with Crippen LogP contribution < -0.4 is 0 Å². The Morgan fingerprint density at radius 1 is 1.24 bits per heavy atom. The molecule has 0 unspecified atom stereocenters. The number of hydrogen-bond donors (Lipinski definition) is 0. The highest BCUT2D eigenvalue weighted by atomic mass is 79.9. The van der Waals surface area contributed by atoms with Gasteiger partial charge in [0.2, 0.25) is 10.0 Å². The second-order valence-corrected chi connectivity index (χ2v) is 7.92. The molecule has 1 saturated heterocycles. The Kier molecular flexibility index (Phi) is 4.70. The summed E-state index contributed by atoms with van der Waals surface area (Å²) in [5.41, 5.74) is 0.765. The highest BCUT2D eigenvalue weighted by molar-refractivity contribution is 9.10. The number of piperidine rings is 1. The standard InChI is InChI=1S/C13H15BrF3NO2S/c1-9-8-11(2-3-12(9)14)21(19,20)18-6-4-10(5-7-18)13(15,16)17/h2-3,8,10H,4-7H2,1H3. The van der Waals surface area contributed by atoms with E-state index in [9.17, 15) is 21.6 Å². The van der Waals surface area contributed by atoms with E-state index in [1.54, 1.807) is 13.0 Å². The fraction of sp³-hybridized carbons (Fsp3) is 0.538. The van der Waals surface area contributed by atoms with E-state index < -0.39 is 22.1 Å². The Balaban J connectivity index is 2.17. The van der Waals surface area contributed by atoms with E-state index in [0.717, 1.165) is 14.3 Å². The molecule has 0 amide bonds. The summed E-state index contributed by atoms with van der Waals surface area (Å²) in [6, 6.07) is 4.61. The van der Waals surface area contributed by atoms with Gasteiger partial charge in [0.1, 0.15) is 0 Å². The lowest BCUT2D eigenvalue weighted by Crippen LogP contribution is -2.42. The molecule has 118 valence electrons. The highest BCUT2D eigenvalue weighted by Gasteiger charge is 2.43. The van der Waals surface area contributed by atoms with Crippen molar-refractivity contribution in [3.8, 4) is 0 Å². The number of alkyl halides is 3. The number of benzene rings is 1. The third kappa shape index (κ3) is 3.60. The van der Waals surface area contributed by atoms with E-state index in [2.05, 4.69) is 15.9 Å². The first-order valence-corrected chi connectivity index (χ1v) is 8.68. The van der Waals surface area contributed by atoms with E-state index >= 15 is 0 Å². The van der Waals surface area contributed by atoms with Crippen LogP contribution >= 0.6 is 15.9 Å². The fourth-order valence-electron chi connectivity index (χ4n) is 2.35. The molecule has 1 aromatic rings. The van der Waals surface area contributed by atoms with Crippen molar-refractivity contribution >= 4 is 26.0 Å². The van der Waals surface area contributed by atoms with Gasteiger partial charge < -0.3 is 0 Å². The minimum atomic E-state index is -4.25. The molecule has 21 heavy (non-hydrogen) atoms. The Morgan fingerprint density at radius 2 is 1.81 bits per heavy atom. The summed E-state index contributed by atoms with van der Waals surface area (Å²) in [5.74, 6) is -1.41. The van der Waals surface area contributed by atoms with Gasteiger partial charge in [-0.05, 0) is 43.5 Å². The van der Waals surface area contributed by atoms with Crippen LogP contribution in [0.2, 0.25) is 0 Å². The monoisotopic (exact) mass is 385 g/mol. The van der Waals surface area contributed by atoms with Crippen molar-refractivity contribution in [1.82, 2.24) is 4.31 Å². The van der Waals surface area contributed by atoms with Gasteiger partial charge in [0.25, 0.3) is 0 Å². The van der Waals surface area contributed by atoms with Gasteiger partial charge in [-0.25, -0.2) is 8.42 Å². The number of rotatable bonds is 2. The Labute approximate surface area is 130 Å². The van der Waals surface area contributed by atoms with Gasteiger partial charge in [-0.1, -0.05) is 15.9 Å². The van der Waals surface area contributed by atoms with Crippen LogP contribution in [0.3, 0.4) is 0 Å². The molecule has 0 saturated carbocycles. The van der Waals surface area contributed by atoms with Gasteiger partial charge in [0, 0.05) is 17.6 Å². The van der Waals surface area contributed by atoms with Crippen LogP contribution in [-0.2, 0) is 10.0 Å². The molecule has 0 bridgehead atoms. The second kappa shape index (κ2) is 5.89. The molecule has 1 fully saturated rings. The molecule has 0 atom stereocenters. The second-order valence-electron chi connectivity index (χ2n) is 5.13. The molecule has 2 rings (SSSR count). The van der Waals surface area contributed by atoms with Gasteiger partial charge >= 0.3 is 6.18 Å². The normalized spacial score (nSPS) is 18.9. The SMILES string of the molecule is Cc1cc(S(=O)(=O)N2CCC(C(F)(F)F)CC2)ccc1Br. The first kappa shape index (κ1) is 16.8. The number of nitrogens with zero attached hydrogens (tertiary/aromatic N) is 1. The zero-order chi connectivity index (χ0) is 15.8. The Bertz CT molecular complexity index is 623. The summed E-state index contributed by atoms with van der Waals surface area (Å²) < 4.78 is 64.6. The lowest BCUT2D eigenvalue weighted by molar-refractivity contribution is -0.182. The minimum Gasteiger partial charge on any atom is -0.207 e. The smallest absolute Gasteiger partial charge is 0.207 e. The van der Waals surface area contributed by atoms with Crippen molar-refractivity contribution < 1.29 is 21.6 Å². The van der Waals surface area contributed by atoms with E-state index in [0.29, 0.717) is 0 Å². The van der Waals surface area contributed by atoms with Gasteiger partial charge in [0.15, 0.2) is 0 Å². The number of halogens is 4. The topological polar surface area (TPSA) is 37.4 Å². The largest absolute Gasteiger partial charge is 0.391 e. The quantitative estimate of drug-likeness (QED) is 0.777. The summed E-state index contributed by atoms with van der Waals surface area (Å²) >= 11 is 3.29. The summed E-state index contributed by atoms with van der Waals surface area (Å²) in [6.45, 7) is 1.57. The maximum absolute atomic E-state index is 12.6. The maximum Gasteiger partial charge on any atom is 0.391 e. The number of sulfonamides is 1. The van der Waals surface area contributed by atoms with Crippen molar-refractivity contribution in [2.45, 2.75) is 30.8 Å². The van der Waals surface area contributed by atoms with E-state index in [1.807, 2.05) is 0 Å². The van der Waals surface area contributed by atoms with Crippen LogP contribution in [0.1, 0.15) is 18.4 Å². The third-order valence-corrected chi connectivity index (χ3v) is 6.47. The molecule has 1 aromatic carbocycles. The van der Waals surface area contributed by atoms with Crippen LogP contribution in [-0.4, -0.2) is 32.0 Å². The van der Waals surface area contributed by atoms with Crippen LogP contribution in [0, 0.1) is 12.8 Å². The van der Waals surface area contributed by atoms with Gasteiger partial charge in [-0.15, -0.1) is 0 Å². The summed E-state index contributed by atoms with van der Waals surface area (Å²) in [6.07, 6.45) is -4.61. The lowest BCUT2D eigenvalue weighted by atomic mass is 9.98. The van der Waals surface area contributed by atoms with E-state index in [4.69, 9.17) is 0 Å². The molecule has 0 aliphatic carbocycles.